The van der Waals surface area contributed by atoms with E-state index in [1.54, 1.807) is 18.2 Å². The number of rotatable bonds is 5. The highest BCUT2D eigenvalue weighted by Crippen LogP contribution is 2.36. The maximum Gasteiger partial charge on any atom is 0.494 e. The molecule has 0 bridgehead atoms. The van der Waals surface area contributed by atoms with Gasteiger partial charge in [0.2, 0.25) is 0 Å². The van der Waals surface area contributed by atoms with Gasteiger partial charge in [0.25, 0.3) is 0 Å². The van der Waals surface area contributed by atoms with Gasteiger partial charge in [0.1, 0.15) is 11.5 Å². The third kappa shape index (κ3) is 3.79. The van der Waals surface area contributed by atoms with Crippen molar-refractivity contribution in [1.29, 1.82) is 5.41 Å². The third-order valence-electron chi connectivity index (χ3n) is 5.13. The summed E-state index contributed by atoms with van der Waals surface area (Å²) in [5, 5.41) is 10.9. The fraction of sp³-hybridized carbons (Fsp3) is 0.350. The SMILES string of the molecule is CC(=O)c1cccc(Nc2cc(B3OC(C)(C)C(C)(C)O3)ccc2C=N)n1. The molecule has 27 heavy (non-hydrogen) atoms. The number of ketones is 1. The second-order valence-corrected chi connectivity index (χ2v) is 7.67. The Labute approximate surface area is 160 Å². The lowest BCUT2D eigenvalue weighted by Gasteiger charge is -2.32. The molecule has 0 radical (unpaired) electrons. The maximum atomic E-state index is 11.6. The van der Waals surface area contributed by atoms with Crippen LogP contribution < -0.4 is 10.8 Å². The Kier molecular flexibility index (Phi) is 4.93. The quantitative estimate of drug-likeness (QED) is 0.482. The minimum absolute atomic E-state index is 0.100. The normalized spacial score (nSPS) is 17.6. The van der Waals surface area contributed by atoms with Gasteiger partial charge in [-0.25, -0.2) is 4.98 Å². The third-order valence-corrected chi connectivity index (χ3v) is 5.13. The van der Waals surface area contributed by atoms with Gasteiger partial charge >= 0.3 is 7.12 Å². The van der Waals surface area contributed by atoms with Crippen LogP contribution in [-0.2, 0) is 9.31 Å². The lowest BCUT2D eigenvalue weighted by molar-refractivity contribution is 0.00578. The number of benzene rings is 1. The summed E-state index contributed by atoms with van der Waals surface area (Å²) < 4.78 is 12.2. The van der Waals surface area contributed by atoms with E-state index in [0.717, 1.165) is 5.46 Å². The molecule has 1 aliphatic heterocycles. The van der Waals surface area contributed by atoms with Crippen molar-refractivity contribution in [2.45, 2.75) is 45.8 Å². The molecule has 2 heterocycles. The average Bonchev–Trinajstić information content (AvgIpc) is 2.83. The van der Waals surface area contributed by atoms with Gasteiger partial charge in [0, 0.05) is 24.4 Å². The molecule has 2 aromatic rings. The number of carbonyl (C=O) groups is 1. The zero-order chi connectivity index (χ0) is 19.8. The van der Waals surface area contributed by atoms with Crippen LogP contribution in [0.15, 0.2) is 36.4 Å². The van der Waals surface area contributed by atoms with Gasteiger partial charge in [-0.1, -0.05) is 18.2 Å². The Balaban J connectivity index is 1.92. The van der Waals surface area contributed by atoms with E-state index in [2.05, 4.69) is 10.3 Å². The van der Waals surface area contributed by atoms with Crippen molar-refractivity contribution in [1.82, 2.24) is 4.98 Å². The van der Waals surface area contributed by atoms with Crippen molar-refractivity contribution in [3.8, 4) is 0 Å². The largest absolute Gasteiger partial charge is 0.494 e. The standard InChI is InChI=1S/C20H24BN3O3/c1-13(25)16-7-6-8-18(23-16)24-17-11-15(10-9-14(17)12-22)21-26-19(2,3)20(4,5)27-21/h6-12,22H,1-5H3,(H,23,24). The molecular weight excluding hydrogens is 341 g/mol. The highest BCUT2D eigenvalue weighted by Gasteiger charge is 2.51. The first-order valence-corrected chi connectivity index (χ1v) is 8.88. The number of hydrogen-bond acceptors (Lipinski definition) is 6. The Morgan fingerprint density at radius 2 is 1.81 bits per heavy atom. The maximum absolute atomic E-state index is 11.6. The topological polar surface area (TPSA) is 84.3 Å². The molecule has 0 spiro atoms. The molecule has 0 aliphatic carbocycles. The molecule has 0 atom stereocenters. The van der Waals surface area contributed by atoms with Crippen LogP contribution in [0.5, 0.6) is 0 Å². The minimum atomic E-state index is -0.494. The molecular formula is C20H24BN3O3. The zero-order valence-corrected chi connectivity index (χ0v) is 16.3. The summed E-state index contributed by atoms with van der Waals surface area (Å²) in [5.41, 5.74) is 1.78. The first-order chi connectivity index (χ1) is 12.6. The monoisotopic (exact) mass is 365 g/mol. The van der Waals surface area contributed by atoms with E-state index in [9.17, 15) is 4.79 Å². The second kappa shape index (κ2) is 6.90. The fourth-order valence-corrected chi connectivity index (χ4v) is 2.77. The molecule has 0 amide bonds. The Morgan fingerprint density at radius 3 is 2.41 bits per heavy atom. The number of hydrogen-bond donors (Lipinski definition) is 2. The Bertz CT molecular complexity index is 880. The van der Waals surface area contributed by atoms with E-state index in [4.69, 9.17) is 14.7 Å². The summed E-state index contributed by atoms with van der Waals surface area (Å²) in [6, 6.07) is 10.9. The van der Waals surface area contributed by atoms with Crippen molar-refractivity contribution >= 4 is 36.1 Å². The predicted octanol–water partition coefficient (Wildman–Crippen LogP) is 3.32. The lowest BCUT2D eigenvalue weighted by Crippen LogP contribution is -2.41. The molecule has 1 aromatic heterocycles. The van der Waals surface area contributed by atoms with Crippen molar-refractivity contribution in [3.05, 3.63) is 47.7 Å². The van der Waals surface area contributed by atoms with Crippen LogP contribution in [0, 0.1) is 5.41 Å². The summed E-state index contributed by atoms with van der Waals surface area (Å²) >= 11 is 0. The van der Waals surface area contributed by atoms with Crippen LogP contribution in [0.2, 0.25) is 0 Å². The summed E-state index contributed by atoms with van der Waals surface area (Å²) in [6.45, 7) is 9.52. The van der Waals surface area contributed by atoms with E-state index in [1.165, 1.54) is 13.1 Å². The Hall–Kier alpha value is -2.51. The average molecular weight is 365 g/mol. The summed E-state index contributed by atoms with van der Waals surface area (Å²) in [4.78, 5) is 15.9. The van der Waals surface area contributed by atoms with Gasteiger partial charge in [-0.15, -0.1) is 0 Å². The van der Waals surface area contributed by atoms with E-state index in [0.29, 0.717) is 22.8 Å². The summed E-state index contributed by atoms with van der Waals surface area (Å²) in [7, 11) is -0.494. The first kappa shape index (κ1) is 19.3. The van der Waals surface area contributed by atoms with E-state index in [1.807, 2.05) is 45.9 Å². The zero-order valence-electron chi connectivity index (χ0n) is 16.3. The molecule has 3 rings (SSSR count). The number of nitrogens with zero attached hydrogens (tertiary/aromatic N) is 1. The van der Waals surface area contributed by atoms with Crippen LogP contribution in [-0.4, -0.2) is 35.3 Å². The number of carbonyl (C=O) groups excluding carboxylic acids is 1. The van der Waals surface area contributed by atoms with Crippen LogP contribution in [0.3, 0.4) is 0 Å². The minimum Gasteiger partial charge on any atom is -0.399 e. The van der Waals surface area contributed by atoms with E-state index < -0.39 is 18.3 Å². The second-order valence-electron chi connectivity index (χ2n) is 7.67. The molecule has 0 unspecified atom stereocenters. The number of anilines is 2. The van der Waals surface area contributed by atoms with E-state index >= 15 is 0 Å². The molecule has 1 aliphatic rings. The molecule has 2 N–H and O–H groups in total. The number of Topliss-reactive ketones (excluding diaryl/α,β-unsaturated/α-hetero) is 1. The molecule has 6 nitrogen and oxygen atoms in total. The Morgan fingerprint density at radius 1 is 1.15 bits per heavy atom. The molecule has 1 fully saturated rings. The summed E-state index contributed by atoms with van der Waals surface area (Å²) in [6.07, 6.45) is 1.27. The lowest BCUT2D eigenvalue weighted by atomic mass is 9.78. The highest BCUT2D eigenvalue weighted by molar-refractivity contribution is 6.62. The molecule has 0 saturated carbocycles. The van der Waals surface area contributed by atoms with Gasteiger partial charge in [-0.2, -0.15) is 0 Å². The van der Waals surface area contributed by atoms with Crippen LogP contribution >= 0.6 is 0 Å². The van der Waals surface area contributed by atoms with Gasteiger partial charge in [-0.3, -0.25) is 4.79 Å². The smallest absolute Gasteiger partial charge is 0.399 e. The van der Waals surface area contributed by atoms with Crippen molar-refractivity contribution in [2.75, 3.05) is 5.32 Å². The number of pyridine rings is 1. The molecule has 1 saturated heterocycles. The number of nitrogens with one attached hydrogen (secondary N) is 2. The summed E-state index contributed by atoms with van der Waals surface area (Å²) in [5.74, 6) is 0.439. The van der Waals surface area contributed by atoms with Crippen LogP contribution in [0.4, 0.5) is 11.5 Å². The number of aromatic nitrogens is 1. The van der Waals surface area contributed by atoms with Crippen LogP contribution in [0.25, 0.3) is 0 Å². The van der Waals surface area contributed by atoms with Crippen molar-refractivity contribution in [2.24, 2.45) is 0 Å². The molecule has 7 heteroatoms. The van der Waals surface area contributed by atoms with Gasteiger partial charge in [0.05, 0.1) is 11.2 Å². The van der Waals surface area contributed by atoms with Gasteiger partial charge < -0.3 is 20.0 Å². The molecule has 1 aromatic carbocycles. The van der Waals surface area contributed by atoms with Gasteiger partial charge in [0.15, 0.2) is 5.78 Å². The predicted molar refractivity (Wildman–Crippen MR) is 108 cm³/mol. The van der Waals surface area contributed by atoms with Crippen molar-refractivity contribution in [3.63, 3.8) is 0 Å². The van der Waals surface area contributed by atoms with Crippen LogP contribution in [0.1, 0.15) is 50.7 Å². The first-order valence-electron chi connectivity index (χ1n) is 8.88. The fourth-order valence-electron chi connectivity index (χ4n) is 2.77. The van der Waals surface area contributed by atoms with Gasteiger partial charge in [-0.05, 0) is 51.4 Å². The molecule has 140 valence electrons. The highest BCUT2D eigenvalue weighted by atomic mass is 16.7. The van der Waals surface area contributed by atoms with E-state index in [-0.39, 0.29) is 5.78 Å². The van der Waals surface area contributed by atoms with Crippen molar-refractivity contribution < 1.29 is 14.1 Å².